The van der Waals surface area contributed by atoms with Crippen molar-refractivity contribution in [2.24, 2.45) is 0 Å². The fourth-order valence-electron chi connectivity index (χ4n) is 6.90. The first kappa shape index (κ1) is 30.2. The van der Waals surface area contributed by atoms with E-state index in [4.69, 9.17) is 19.4 Å². The third kappa shape index (κ3) is 5.32. The summed E-state index contributed by atoms with van der Waals surface area (Å²) in [5.74, 6) is 1.84. The molecule has 5 heteroatoms. The predicted molar refractivity (Wildman–Crippen MR) is 211 cm³/mol. The Balaban J connectivity index is 1.22. The summed E-state index contributed by atoms with van der Waals surface area (Å²) in [6, 6.07) is 47.7. The van der Waals surface area contributed by atoms with Gasteiger partial charge in [-0.1, -0.05) is 134 Å². The molecule has 0 aliphatic heterocycles. The van der Waals surface area contributed by atoms with Crippen molar-refractivity contribution in [1.29, 1.82) is 0 Å². The van der Waals surface area contributed by atoms with E-state index in [-0.39, 0.29) is 0 Å². The Hall–Kier alpha value is -6.85. The van der Waals surface area contributed by atoms with E-state index >= 15 is 0 Å². The maximum absolute atomic E-state index is 6.61. The van der Waals surface area contributed by atoms with Crippen LogP contribution >= 0.6 is 0 Å². The highest BCUT2D eigenvalue weighted by Crippen LogP contribution is 2.39. The van der Waals surface area contributed by atoms with E-state index in [9.17, 15) is 0 Å². The normalized spacial score (nSPS) is 11.9. The Labute approximate surface area is 295 Å². The second kappa shape index (κ2) is 12.6. The first-order valence-corrected chi connectivity index (χ1v) is 17.0. The molecule has 5 nitrogen and oxygen atoms in total. The molecule has 3 heterocycles. The SMILES string of the molecule is C=C(/C=C\C=C/C)c1ccc2c3ccccc3n(-c3ccc4c(c3)oc3cccc(-c5nc(-c6ccccc6)nc(-c6ccccc6)n5)c34)c2c1. The molecule has 0 unspecified atom stereocenters. The van der Waals surface area contributed by atoms with Crippen LogP contribution in [0, 0.1) is 0 Å². The molecule has 9 aromatic rings. The maximum Gasteiger partial charge on any atom is 0.164 e. The zero-order valence-corrected chi connectivity index (χ0v) is 28.0. The number of hydrogen-bond donors (Lipinski definition) is 0. The number of aromatic nitrogens is 4. The van der Waals surface area contributed by atoms with E-state index in [2.05, 4.69) is 77.9 Å². The van der Waals surface area contributed by atoms with Crippen LogP contribution in [0.15, 0.2) is 175 Å². The van der Waals surface area contributed by atoms with E-state index < -0.39 is 0 Å². The molecule has 0 fully saturated rings. The average molecular weight is 657 g/mol. The minimum Gasteiger partial charge on any atom is -0.456 e. The number of para-hydroxylation sites is 1. The van der Waals surface area contributed by atoms with Gasteiger partial charge in [0.05, 0.1) is 11.0 Å². The minimum atomic E-state index is 0.596. The minimum absolute atomic E-state index is 0.596. The van der Waals surface area contributed by atoms with Crippen LogP contribution in [-0.4, -0.2) is 19.5 Å². The van der Waals surface area contributed by atoms with Crippen LogP contribution in [0.5, 0.6) is 0 Å². The van der Waals surface area contributed by atoms with E-state index in [1.54, 1.807) is 0 Å². The summed E-state index contributed by atoms with van der Waals surface area (Å²) in [6.45, 7) is 6.35. The molecule has 0 aliphatic rings. The quantitative estimate of drug-likeness (QED) is 0.160. The monoisotopic (exact) mass is 656 g/mol. The van der Waals surface area contributed by atoms with Gasteiger partial charge in [-0.3, -0.25) is 0 Å². The summed E-state index contributed by atoms with van der Waals surface area (Å²) in [4.78, 5) is 14.9. The first-order valence-electron chi connectivity index (χ1n) is 17.0. The molecule has 0 bridgehead atoms. The topological polar surface area (TPSA) is 56.7 Å². The van der Waals surface area contributed by atoms with Crippen molar-refractivity contribution in [2.75, 3.05) is 0 Å². The van der Waals surface area contributed by atoms with Crippen LogP contribution in [0.2, 0.25) is 0 Å². The van der Waals surface area contributed by atoms with Crippen molar-refractivity contribution in [3.8, 4) is 39.9 Å². The van der Waals surface area contributed by atoms with Gasteiger partial charge in [-0.15, -0.1) is 0 Å². The van der Waals surface area contributed by atoms with Gasteiger partial charge >= 0.3 is 0 Å². The van der Waals surface area contributed by atoms with Crippen LogP contribution in [-0.2, 0) is 0 Å². The van der Waals surface area contributed by atoms with Gasteiger partial charge in [-0.05, 0) is 48.4 Å². The van der Waals surface area contributed by atoms with Gasteiger partial charge in [0, 0.05) is 50.0 Å². The Morgan fingerprint density at radius 1 is 0.588 bits per heavy atom. The van der Waals surface area contributed by atoms with Gasteiger partial charge in [-0.25, -0.2) is 15.0 Å². The zero-order chi connectivity index (χ0) is 34.3. The van der Waals surface area contributed by atoms with Gasteiger partial charge in [-0.2, -0.15) is 0 Å². The molecule has 6 aromatic carbocycles. The van der Waals surface area contributed by atoms with E-state index in [0.717, 1.165) is 66.5 Å². The summed E-state index contributed by atoms with van der Waals surface area (Å²) in [5.41, 5.74) is 9.59. The summed E-state index contributed by atoms with van der Waals surface area (Å²) >= 11 is 0. The Morgan fingerprint density at radius 2 is 1.25 bits per heavy atom. The molecule has 51 heavy (non-hydrogen) atoms. The van der Waals surface area contributed by atoms with Crippen molar-refractivity contribution in [3.63, 3.8) is 0 Å². The third-order valence-corrected chi connectivity index (χ3v) is 9.32. The fraction of sp³-hybridized carbons (Fsp3) is 0.0217. The van der Waals surface area contributed by atoms with Crippen LogP contribution in [0.4, 0.5) is 0 Å². The van der Waals surface area contributed by atoms with Gasteiger partial charge in [0.25, 0.3) is 0 Å². The lowest BCUT2D eigenvalue weighted by molar-refractivity contribution is 0.668. The number of benzene rings is 6. The number of furan rings is 1. The highest BCUT2D eigenvalue weighted by atomic mass is 16.3. The molecule has 0 aliphatic carbocycles. The fourth-order valence-corrected chi connectivity index (χ4v) is 6.90. The molecule has 9 rings (SSSR count). The number of nitrogens with zero attached hydrogens (tertiary/aromatic N) is 4. The standard InChI is InChI=1S/C46H32N4O/c1-3-4-7-15-30(2)33-24-26-36-35-20-12-13-22-39(35)50(40(36)28-33)34-25-27-37-42(29-34)51-41-23-14-21-38(43(37)41)46-48-44(31-16-8-5-9-17-31)47-45(49-46)32-18-10-6-11-19-32/h3-29H,2H2,1H3/b4-3-,15-7-. The summed E-state index contributed by atoms with van der Waals surface area (Å²) in [7, 11) is 0. The van der Waals surface area contributed by atoms with Crippen molar-refractivity contribution >= 4 is 49.3 Å². The molecular formula is C46H32N4O. The second-order valence-electron chi connectivity index (χ2n) is 12.5. The Morgan fingerprint density at radius 3 is 2.00 bits per heavy atom. The molecule has 0 saturated heterocycles. The lowest BCUT2D eigenvalue weighted by atomic mass is 10.0. The molecule has 0 N–H and O–H groups in total. The van der Waals surface area contributed by atoms with Crippen molar-refractivity contribution in [1.82, 2.24) is 19.5 Å². The summed E-state index contributed by atoms with van der Waals surface area (Å²) < 4.78 is 8.92. The molecule has 0 atom stereocenters. The predicted octanol–water partition coefficient (Wildman–Crippen LogP) is 12.0. The highest BCUT2D eigenvalue weighted by molar-refractivity contribution is 6.13. The van der Waals surface area contributed by atoms with Crippen LogP contribution in [0.1, 0.15) is 12.5 Å². The number of fused-ring (bicyclic) bond motifs is 6. The van der Waals surface area contributed by atoms with E-state index in [1.807, 2.05) is 104 Å². The number of allylic oxidation sites excluding steroid dienone is 5. The van der Waals surface area contributed by atoms with Gasteiger partial charge < -0.3 is 8.98 Å². The largest absolute Gasteiger partial charge is 0.456 e. The van der Waals surface area contributed by atoms with E-state index in [0.29, 0.717) is 17.5 Å². The van der Waals surface area contributed by atoms with Crippen LogP contribution in [0.3, 0.4) is 0 Å². The molecule has 0 spiro atoms. The van der Waals surface area contributed by atoms with Crippen LogP contribution in [0.25, 0.3) is 89.2 Å². The van der Waals surface area contributed by atoms with Crippen molar-refractivity contribution in [3.05, 3.63) is 176 Å². The zero-order valence-electron chi connectivity index (χ0n) is 28.0. The van der Waals surface area contributed by atoms with Gasteiger partial charge in [0.2, 0.25) is 0 Å². The van der Waals surface area contributed by atoms with E-state index in [1.165, 1.54) is 10.8 Å². The second-order valence-corrected chi connectivity index (χ2v) is 12.5. The lowest BCUT2D eigenvalue weighted by Crippen LogP contribution is -2.00. The molecular weight excluding hydrogens is 625 g/mol. The van der Waals surface area contributed by atoms with Gasteiger partial charge in [0.15, 0.2) is 17.5 Å². The van der Waals surface area contributed by atoms with Crippen molar-refractivity contribution in [2.45, 2.75) is 6.92 Å². The molecule has 242 valence electrons. The summed E-state index contributed by atoms with van der Waals surface area (Å²) in [5, 5.41) is 4.34. The number of rotatable bonds is 7. The maximum atomic E-state index is 6.61. The van der Waals surface area contributed by atoms with Crippen molar-refractivity contribution < 1.29 is 4.42 Å². The van der Waals surface area contributed by atoms with Crippen LogP contribution < -0.4 is 0 Å². The third-order valence-electron chi connectivity index (χ3n) is 9.32. The Bertz CT molecular complexity index is 2770. The first-order chi connectivity index (χ1) is 25.2. The molecule has 0 amide bonds. The lowest BCUT2D eigenvalue weighted by Gasteiger charge is -2.10. The van der Waals surface area contributed by atoms with Gasteiger partial charge in [0.1, 0.15) is 11.2 Å². The molecule has 3 aromatic heterocycles. The number of hydrogen-bond acceptors (Lipinski definition) is 4. The highest BCUT2D eigenvalue weighted by Gasteiger charge is 2.19. The smallest absolute Gasteiger partial charge is 0.164 e. The summed E-state index contributed by atoms with van der Waals surface area (Å²) in [6.07, 6.45) is 8.09. The molecule has 0 radical (unpaired) electrons. The Kier molecular flexibility index (Phi) is 7.44. The average Bonchev–Trinajstić information content (AvgIpc) is 3.73. The molecule has 0 saturated carbocycles.